The minimum Gasteiger partial charge on any atom is -0.467 e. The number of hydrogen-bond acceptors (Lipinski definition) is 6. The maximum atomic E-state index is 12.2. The first-order chi connectivity index (χ1) is 12.0. The lowest BCUT2D eigenvalue weighted by Crippen LogP contribution is -2.48. The molecular weight excluding hydrogens is 340 g/mol. The topological polar surface area (TPSA) is 114 Å². The van der Waals surface area contributed by atoms with Gasteiger partial charge >= 0.3 is 12.1 Å². The fourth-order valence-corrected chi connectivity index (χ4v) is 1.99. The fraction of sp³-hybridized carbons (Fsp3) is 0.500. The molecule has 0 aliphatic rings. The van der Waals surface area contributed by atoms with Crippen molar-refractivity contribution in [2.75, 3.05) is 7.11 Å². The molecule has 0 saturated heterocycles. The Bertz CT molecular complexity index is 634. The number of methoxy groups -OCH3 is 1. The van der Waals surface area contributed by atoms with Crippen LogP contribution in [0, 0.1) is 0 Å². The molecule has 8 heteroatoms. The molecule has 0 aliphatic heterocycles. The zero-order chi connectivity index (χ0) is 19.9. The molecule has 0 heterocycles. The third kappa shape index (κ3) is 7.10. The first-order valence-corrected chi connectivity index (χ1v) is 8.16. The lowest BCUT2D eigenvalue weighted by Gasteiger charge is -2.20. The van der Waals surface area contributed by atoms with E-state index in [4.69, 9.17) is 4.74 Å². The Kier molecular flexibility index (Phi) is 7.57. The van der Waals surface area contributed by atoms with Gasteiger partial charge in [0.1, 0.15) is 5.60 Å². The van der Waals surface area contributed by atoms with Crippen molar-refractivity contribution in [3.8, 4) is 0 Å². The summed E-state index contributed by atoms with van der Waals surface area (Å²) in [6.45, 7) is 6.95. The lowest BCUT2D eigenvalue weighted by atomic mass is 10.1. The number of hydrogen-bond donors (Lipinski definition) is 3. The van der Waals surface area contributed by atoms with Crippen LogP contribution in [0.2, 0.25) is 0 Å². The van der Waals surface area contributed by atoms with E-state index in [2.05, 4.69) is 15.4 Å². The van der Waals surface area contributed by atoms with Crippen LogP contribution in [0.1, 0.15) is 43.6 Å². The summed E-state index contributed by atoms with van der Waals surface area (Å²) in [5.41, 5.74) is 0.500. The van der Waals surface area contributed by atoms with Crippen molar-refractivity contribution in [2.45, 2.75) is 52.0 Å². The number of ether oxygens (including phenoxy) is 2. The fourth-order valence-electron chi connectivity index (χ4n) is 1.99. The Labute approximate surface area is 152 Å². The summed E-state index contributed by atoms with van der Waals surface area (Å²) in [5.74, 6) is -1.25. The van der Waals surface area contributed by atoms with E-state index in [9.17, 15) is 19.5 Å². The van der Waals surface area contributed by atoms with E-state index in [1.54, 1.807) is 45.0 Å². The predicted molar refractivity (Wildman–Crippen MR) is 94.5 cm³/mol. The second-order valence-electron chi connectivity index (χ2n) is 6.77. The van der Waals surface area contributed by atoms with Gasteiger partial charge in [0.25, 0.3) is 5.91 Å². The zero-order valence-electron chi connectivity index (χ0n) is 15.7. The molecule has 0 aliphatic carbocycles. The monoisotopic (exact) mass is 366 g/mol. The number of aliphatic hydroxyl groups excluding tert-OH is 1. The molecule has 1 aromatic rings. The highest BCUT2D eigenvalue weighted by Crippen LogP contribution is 2.08. The highest BCUT2D eigenvalue weighted by atomic mass is 16.6. The van der Waals surface area contributed by atoms with Crippen LogP contribution in [0.25, 0.3) is 0 Å². The van der Waals surface area contributed by atoms with Crippen molar-refractivity contribution in [3.05, 3.63) is 35.4 Å². The van der Waals surface area contributed by atoms with Crippen molar-refractivity contribution in [1.82, 2.24) is 10.6 Å². The van der Waals surface area contributed by atoms with E-state index >= 15 is 0 Å². The Hall–Kier alpha value is -2.61. The quantitative estimate of drug-likeness (QED) is 0.655. The van der Waals surface area contributed by atoms with Gasteiger partial charge in [-0.3, -0.25) is 4.79 Å². The summed E-state index contributed by atoms with van der Waals surface area (Å²) < 4.78 is 9.69. The van der Waals surface area contributed by atoms with E-state index in [0.717, 1.165) is 5.56 Å². The second kappa shape index (κ2) is 9.19. The minimum atomic E-state index is -1.15. The summed E-state index contributed by atoms with van der Waals surface area (Å²) >= 11 is 0. The second-order valence-corrected chi connectivity index (χ2v) is 6.77. The summed E-state index contributed by atoms with van der Waals surface area (Å²) in [4.78, 5) is 35.4. The van der Waals surface area contributed by atoms with Gasteiger partial charge in [0, 0.05) is 12.1 Å². The largest absolute Gasteiger partial charge is 0.467 e. The van der Waals surface area contributed by atoms with Gasteiger partial charge in [-0.2, -0.15) is 0 Å². The molecule has 3 N–H and O–H groups in total. The molecule has 144 valence electrons. The Morgan fingerprint density at radius 1 is 1.15 bits per heavy atom. The predicted octanol–water partition coefficient (Wildman–Crippen LogP) is 1.36. The van der Waals surface area contributed by atoms with Crippen LogP contribution in [0.15, 0.2) is 24.3 Å². The van der Waals surface area contributed by atoms with Gasteiger partial charge < -0.3 is 25.2 Å². The molecule has 8 nitrogen and oxygen atoms in total. The third-order valence-corrected chi connectivity index (χ3v) is 3.28. The average molecular weight is 366 g/mol. The number of carbonyl (C=O) groups excluding carboxylic acids is 3. The van der Waals surface area contributed by atoms with Crippen LogP contribution in [-0.2, 0) is 20.8 Å². The zero-order valence-corrected chi connectivity index (χ0v) is 15.7. The van der Waals surface area contributed by atoms with Crippen molar-refractivity contribution >= 4 is 18.0 Å². The van der Waals surface area contributed by atoms with Crippen LogP contribution in [0.4, 0.5) is 4.79 Å². The Balaban J connectivity index is 2.64. The van der Waals surface area contributed by atoms with Crippen LogP contribution in [0.5, 0.6) is 0 Å². The molecular formula is C18H26N2O6. The summed E-state index contributed by atoms with van der Waals surface area (Å²) in [6, 6.07) is 5.29. The van der Waals surface area contributed by atoms with Crippen molar-refractivity contribution in [2.24, 2.45) is 0 Å². The number of rotatable bonds is 6. The first kappa shape index (κ1) is 21.4. The Morgan fingerprint density at radius 2 is 1.73 bits per heavy atom. The van der Waals surface area contributed by atoms with Gasteiger partial charge in [-0.25, -0.2) is 9.59 Å². The number of carbonyl (C=O) groups is 3. The van der Waals surface area contributed by atoms with Gasteiger partial charge in [0.15, 0.2) is 6.04 Å². The molecule has 26 heavy (non-hydrogen) atoms. The lowest BCUT2D eigenvalue weighted by molar-refractivity contribution is -0.145. The van der Waals surface area contributed by atoms with Crippen LogP contribution < -0.4 is 10.6 Å². The van der Waals surface area contributed by atoms with Crippen LogP contribution in [-0.4, -0.2) is 47.9 Å². The van der Waals surface area contributed by atoms with Crippen molar-refractivity contribution in [1.29, 1.82) is 0 Å². The molecule has 2 atom stereocenters. The summed E-state index contributed by atoms with van der Waals surface area (Å²) in [5, 5.41) is 14.6. The number of benzene rings is 1. The van der Waals surface area contributed by atoms with Gasteiger partial charge in [0.05, 0.1) is 13.2 Å². The molecule has 2 amide bonds. The SMILES string of the molecule is COC(=O)C(NC(=O)c1ccc(CNC(=O)OC(C)(C)C)cc1)C(C)O. The molecule has 1 rings (SSSR count). The third-order valence-electron chi connectivity index (χ3n) is 3.28. The van der Waals surface area contributed by atoms with E-state index in [1.165, 1.54) is 14.0 Å². The molecule has 0 radical (unpaired) electrons. The molecule has 2 unspecified atom stereocenters. The molecule has 0 bridgehead atoms. The Morgan fingerprint density at radius 3 is 2.19 bits per heavy atom. The average Bonchev–Trinajstić information content (AvgIpc) is 2.55. The van der Waals surface area contributed by atoms with Gasteiger partial charge in [-0.15, -0.1) is 0 Å². The van der Waals surface area contributed by atoms with Gasteiger partial charge in [0.2, 0.25) is 0 Å². The molecule has 0 fully saturated rings. The van der Waals surface area contributed by atoms with Crippen molar-refractivity contribution < 1.29 is 29.0 Å². The maximum Gasteiger partial charge on any atom is 0.407 e. The highest BCUT2D eigenvalue weighted by Gasteiger charge is 2.26. The van der Waals surface area contributed by atoms with E-state index in [0.29, 0.717) is 5.56 Å². The highest BCUT2D eigenvalue weighted by molar-refractivity contribution is 5.96. The molecule has 0 spiro atoms. The summed E-state index contributed by atoms with van der Waals surface area (Å²) in [6.07, 6.45) is -1.62. The van der Waals surface area contributed by atoms with E-state index in [1.807, 2.05) is 0 Å². The van der Waals surface area contributed by atoms with E-state index in [-0.39, 0.29) is 6.54 Å². The molecule has 0 saturated carbocycles. The minimum absolute atomic E-state index is 0.245. The van der Waals surface area contributed by atoms with Gasteiger partial charge in [-0.05, 0) is 45.4 Å². The normalized spacial score (nSPS) is 13.3. The van der Waals surface area contributed by atoms with Crippen LogP contribution >= 0.6 is 0 Å². The molecule has 1 aromatic carbocycles. The maximum absolute atomic E-state index is 12.2. The first-order valence-electron chi connectivity index (χ1n) is 8.16. The summed E-state index contributed by atoms with van der Waals surface area (Å²) in [7, 11) is 1.18. The number of nitrogens with one attached hydrogen (secondary N) is 2. The number of esters is 1. The number of amides is 2. The van der Waals surface area contributed by atoms with Crippen molar-refractivity contribution in [3.63, 3.8) is 0 Å². The van der Waals surface area contributed by atoms with Crippen LogP contribution in [0.3, 0.4) is 0 Å². The van der Waals surface area contributed by atoms with Gasteiger partial charge in [-0.1, -0.05) is 12.1 Å². The standard InChI is InChI=1S/C18H26N2O6/c1-11(21)14(16(23)25-5)20-15(22)13-8-6-12(7-9-13)10-19-17(24)26-18(2,3)4/h6-9,11,14,21H,10H2,1-5H3,(H,19,24)(H,20,22). The van der Waals surface area contributed by atoms with E-state index < -0.39 is 35.7 Å². The smallest absolute Gasteiger partial charge is 0.407 e. The molecule has 0 aromatic heterocycles. The number of aliphatic hydroxyl groups is 1. The number of alkyl carbamates (subject to hydrolysis) is 1.